The van der Waals surface area contributed by atoms with Crippen LogP contribution in [0.1, 0.15) is 15.9 Å². The average molecular weight is 437 g/mol. The van der Waals surface area contributed by atoms with Crippen LogP contribution in [0.3, 0.4) is 0 Å². The summed E-state index contributed by atoms with van der Waals surface area (Å²) in [4.78, 5) is 35.4. The molecule has 0 saturated heterocycles. The van der Waals surface area contributed by atoms with Crippen molar-refractivity contribution in [2.24, 2.45) is 0 Å². The van der Waals surface area contributed by atoms with Crippen LogP contribution in [-0.4, -0.2) is 41.1 Å². The second-order valence-corrected chi connectivity index (χ2v) is 6.48. The molecule has 2 aromatic carbocycles. The second-order valence-electron chi connectivity index (χ2n) is 5.56. The van der Waals surface area contributed by atoms with Gasteiger partial charge in [0.25, 0.3) is 5.91 Å². The number of anilines is 1. The van der Waals surface area contributed by atoms with Crippen LogP contribution < -0.4 is 10.6 Å². The molecule has 0 aliphatic heterocycles. The van der Waals surface area contributed by atoms with Crippen LogP contribution in [0.5, 0.6) is 11.5 Å². The number of phenolic OH excluding ortho intramolecular Hbond substituents is 2. The predicted molar refractivity (Wildman–Crippen MR) is 101 cm³/mol. The molecule has 2 aromatic rings. The average Bonchev–Trinajstić information content (AvgIpc) is 2.60. The molecular weight excluding hydrogens is 420 g/mol. The Bertz CT molecular complexity index is 884. The van der Waals surface area contributed by atoms with E-state index in [0.717, 1.165) is 16.1 Å². The third-order valence-electron chi connectivity index (χ3n) is 3.44. The Morgan fingerprint density at radius 2 is 1.81 bits per heavy atom. The number of hydrogen-bond acceptors (Lipinski definition) is 6. The lowest BCUT2D eigenvalue weighted by molar-refractivity contribution is -0.126. The summed E-state index contributed by atoms with van der Waals surface area (Å²) in [5.41, 5.74) is 1.28. The zero-order valence-electron chi connectivity index (χ0n) is 14.3. The lowest BCUT2D eigenvalue weighted by atomic mass is 10.2. The minimum Gasteiger partial charge on any atom is -0.508 e. The van der Waals surface area contributed by atoms with Crippen molar-refractivity contribution >= 4 is 39.4 Å². The summed E-state index contributed by atoms with van der Waals surface area (Å²) < 4.78 is 5.65. The van der Waals surface area contributed by atoms with Crippen LogP contribution in [-0.2, 0) is 14.3 Å². The van der Waals surface area contributed by atoms with E-state index in [-0.39, 0.29) is 17.9 Å². The summed E-state index contributed by atoms with van der Waals surface area (Å²) in [6.45, 7) is 0.914. The number of halogens is 1. The quantitative estimate of drug-likeness (QED) is 0.513. The van der Waals surface area contributed by atoms with E-state index < -0.39 is 30.1 Å². The van der Waals surface area contributed by atoms with Gasteiger partial charge in [0.2, 0.25) is 5.91 Å². The van der Waals surface area contributed by atoms with Crippen LogP contribution in [0.2, 0.25) is 0 Å². The maximum atomic E-state index is 11.9. The van der Waals surface area contributed by atoms with E-state index in [1.165, 1.54) is 12.1 Å². The molecule has 0 saturated carbocycles. The molecular formula is C18H17BrN2O6. The highest BCUT2D eigenvalue weighted by Crippen LogP contribution is 2.23. The maximum absolute atomic E-state index is 11.9. The van der Waals surface area contributed by atoms with E-state index in [1.54, 1.807) is 12.1 Å². The smallest absolute Gasteiger partial charge is 0.342 e. The Labute approximate surface area is 163 Å². The van der Waals surface area contributed by atoms with E-state index in [9.17, 15) is 24.6 Å². The Morgan fingerprint density at radius 3 is 2.48 bits per heavy atom. The van der Waals surface area contributed by atoms with Gasteiger partial charge in [0.1, 0.15) is 17.1 Å². The molecule has 0 aliphatic carbocycles. The number of ether oxygens (including phenoxy) is 1. The molecule has 142 valence electrons. The molecule has 0 aromatic heterocycles. The largest absolute Gasteiger partial charge is 0.508 e. The third-order valence-corrected chi connectivity index (χ3v) is 3.94. The molecule has 4 N–H and O–H groups in total. The summed E-state index contributed by atoms with van der Waals surface area (Å²) in [5, 5.41) is 23.7. The van der Waals surface area contributed by atoms with Crippen LogP contribution in [0.25, 0.3) is 0 Å². The SMILES string of the molecule is Cc1cc(Br)ccc1NC(=O)CNC(=O)COC(=O)c1ccc(O)cc1O. The summed E-state index contributed by atoms with van der Waals surface area (Å²) in [6, 6.07) is 8.69. The van der Waals surface area contributed by atoms with Gasteiger partial charge in [-0.05, 0) is 42.8 Å². The third kappa shape index (κ3) is 6.00. The van der Waals surface area contributed by atoms with Crippen molar-refractivity contribution in [3.05, 3.63) is 52.0 Å². The number of hydrogen-bond donors (Lipinski definition) is 4. The van der Waals surface area contributed by atoms with Gasteiger partial charge < -0.3 is 25.6 Å². The molecule has 9 heteroatoms. The van der Waals surface area contributed by atoms with Crippen LogP contribution in [0, 0.1) is 6.92 Å². The number of esters is 1. The highest BCUT2D eigenvalue weighted by molar-refractivity contribution is 9.10. The van der Waals surface area contributed by atoms with Gasteiger partial charge in [0.15, 0.2) is 6.61 Å². The minimum atomic E-state index is -0.933. The zero-order chi connectivity index (χ0) is 20.0. The van der Waals surface area contributed by atoms with Crippen molar-refractivity contribution in [2.75, 3.05) is 18.5 Å². The minimum absolute atomic E-state index is 0.191. The fourth-order valence-corrected chi connectivity index (χ4v) is 2.57. The first-order chi connectivity index (χ1) is 12.8. The van der Waals surface area contributed by atoms with Crippen molar-refractivity contribution in [2.45, 2.75) is 6.92 Å². The number of aryl methyl sites for hydroxylation is 1. The fraction of sp³-hybridized carbons (Fsp3) is 0.167. The van der Waals surface area contributed by atoms with Crippen molar-refractivity contribution in [3.63, 3.8) is 0 Å². The summed E-state index contributed by atoms with van der Waals surface area (Å²) in [5.74, 6) is -2.73. The molecule has 2 rings (SSSR count). The number of amides is 2. The first-order valence-electron chi connectivity index (χ1n) is 7.78. The first-order valence-corrected chi connectivity index (χ1v) is 8.57. The lowest BCUT2D eigenvalue weighted by Crippen LogP contribution is -2.35. The van der Waals surface area contributed by atoms with Gasteiger partial charge in [0.05, 0.1) is 6.54 Å². The van der Waals surface area contributed by atoms with E-state index in [1.807, 2.05) is 13.0 Å². The van der Waals surface area contributed by atoms with Gasteiger partial charge in [-0.15, -0.1) is 0 Å². The molecule has 0 aliphatic rings. The zero-order valence-corrected chi connectivity index (χ0v) is 15.9. The van der Waals surface area contributed by atoms with E-state index in [4.69, 9.17) is 4.74 Å². The molecule has 0 unspecified atom stereocenters. The van der Waals surface area contributed by atoms with E-state index in [2.05, 4.69) is 26.6 Å². The van der Waals surface area contributed by atoms with E-state index in [0.29, 0.717) is 5.69 Å². The van der Waals surface area contributed by atoms with Gasteiger partial charge in [-0.1, -0.05) is 15.9 Å². The number of rotatable bonds is 6. The molecule has 0 atom stereocenters. The van der Waals surface area contributed by atoms with Gasteiger partial charge in [-0.2, -0.15) is 0 Å². The maximum Gasteiger partial charge on any atom is 0.342 e. The number of carbonyl (C=O) groups excluding carboxylic acids is 3. The highest BCUT2D eigenvalue weighted by atomic mass is 79.9. The number of carbonyl (C=O) groups is 3. The molecule has 0 radical (unpaired) electrons. The molecule has 0 bridgehead atoms. The topological polar surface area (TPSA) is 125 Å². The number of phenols is 2. The van der Waals surface area contributed by atoms with E-state index >= 15 is 0 Å². The summed E-state index contributed by atoms with van der Waals surface area (Å²) in [7, 11) is 0. The summed E-state index contributed by atoms with van der Waals surface area (Å²) in [6.07, 6.45) is 0. The van der Waals surface area contributed by atoms with Crippen molar-refractivity contribution < 1.29 is 29.3 Å². The van der Waals surface area contributed by atoms with Gasteiger partial charge in [-0.25, -0.2) is 4.79 Å². The number of aromatic hydroxyl groups is 2. The van der Waals surface area contributed by atoms with Crippen LogP contribution in [0.15, 0.2) is 40.9 Å². The number of nitrogens with one attached hydrogen (secondary N) is 2. The second kappa shape index (κ2) is 9.04. The molecule has 0 heterocycles. The van der Waals surface area contributed by atoms with Crippen LogP contribution >= 0.6 is 15.9 Å². The molecule has 8 nitrogen and oxygen atoms in total. The Kier molecular flexibility index (Phi) is 6.78. The molecule has 2 amide bonds. The summed E-state index contributed by atoms with van der Waals surface area (Å²) >= 11 is 3.33. The Hall–Kier alpha value is -3.07. The Morgan fingerprint density at radius 1 is 1.07 bits per heavy atom. The van der Waals surface area contributed by atoms with Crippen molar-refractivity contribution in [1.29, 1.82) is 0 Å². The highest BCUT2D eigenvalue weighted by Gasteiger charge is 2.15. The standard InChI is InChI=1S/C18H17BrN2O6/c1-10-6-11(19)2-5-14(10)21-16(24)8-20-17(25)9-27-18(26)13-4-3-12(22)7-15(13)23/h2-7,22-23H,8-9H2,1H3,(H,20,25)(H,21,24). The normalized spacial score (nSPS) is 10.1. The van der Waals surface area contributed by atoms with Gasteiger partial charge in [-0.3, -0.25) is 9.59 Å². The number of benzene rings is 2. The molecule has 0 fully saturated rings. The Balaban J connectivity index is 1.78. The van der Waals surface area contributed by atoms with Gasteiger partial charge >= 0.3 is 5.97 Å². The fourth-order valence-electron chi connectivity index (χ4n) is 2.09. The first kappa shape index (κ1) is 20.2. The molecule has 27 heavy (non-hydrogen) atoms. The van der Waals surface area contributed by atoms with Crippen LogP contribution in [0.4, 0.5) is 5.69 Å². The monoisotopic (exact) mass is 436 g/mol. The van der Waals surface area contributed by atoms with Crippen molar-refractivity contribution in [3.8, 4) is 11.5 Å². The molecule has 0 spiro atoms. The lowest BCUT2D eigenvalue weighted by Gasteiger charge is -2.10. The predicted octanol–water partition coefficient (Wildman–Crippen LogP) is 2.08. The van der Waals surface area contributed by atoms with Crippen molar-refractivity contribution in [1.82, 2.24) is 5.32 Å². The van der Waals surface area contributed by atoms with Gasteiger partial charge in [0, 0.05) is 16.2 Å².